The molecule has 0 aliphatic rings. The molecule has 0 aliphatic heterocycles. The summed E-state index contributed by atoms with van der Waals surface area (Å²) < 4.78 is 8.36. The highest BCUT2D eigenvalue weighted by Crippen LogP contribution is 2.27. The van der Waals surface area contributed by atoms with Gasteiger partial charge in [-0.3, -0.25) is 18.8 Å². The van der Waals surface area contributed by atoms with Crippen LogP contribution in [0.5, 0.6) is 0 Å². The van der Waals surface area contributed by atoms with Crippen molar-refractivity contribution >= 4 is 29.2 Å². The fraction of sp³-hybridized carbons (Fsp3) is 0.190. The van der Waals surface area contributed by atoms with Gasteiger partial charge < -0.3 is 4.74 Å². The highest BCUT2D eigenvalue weighted by Gasteiger charge is 2.30. The van der Waals surface area contributed by atoms with Crippen LogP contribution in [0.15, 0.2) is 61.2 Å². The molecule has 0 bridgehead atoms. The first-order valence-corrected chi connectivity index (χ1v) is 9.56. The van der Waals surface area contributed by atoms with Crippen LogP contribution < -0.4 is 4.90 Å². The zero-order valence-electron chi connectivity index (χ0n) is 16.6. The molecule has 0 unspecified atom stereocenters. The van der Waals surface area contributed by atoms with Gasteiger partial charge in [-0.25, -0.2) is 9.78 Å². The van der Waals surface area contributed by atoms with E-state index in [9.17, 15) is 9.59 Å². The molecule has 1 amide bonds. The molecule has 9 heteroatoms. The third kappa shape index (κ3) is 3.41. The Morgan fingerprint density at radius 2 is 1.90 bits per heavy atom. The lowest BCUT2D eigenvalue weighted by molar-refractivity contribution is 0.0523. The van der Waals surface area contributed by atoms with E-state index in [0.29, 0.717) is 23.8 Å². The zero-order valence-corrected chi connectivity index (χ0v) is 16.6. The first-order chi connectivity index (χ1) is 14.6. The summed E-state index contributed by atoms with van der Waals surface area (Å²) in [4.78, 5) is 36.4. The number of esters is 1. The SMILES string of the molecule is CCOC(=O)c1cnn(CC)c1C(=O)N(c1ccccc1)c1ccn2ccnc2n1. The number of hydrogen-bond donors (Lipinski definition) is 0. The molecule has 0 N–H and O–H groups in total. The van der Waals surface area contributed by atoms with Gasteiger partial charge in [0.1, 0.15) is 17.1 Å². The van der Waals surface area contributed by atoms with E-state index >= 15 is 0 Å². The number of para-hydroxylation sites is 1. The third-order valence-corrected chi connectivity index (χ3v) is 4.53. The number of fused-ring (bicyclic) bond motifs is 1. The normalized spacial score (nSPS) is 10.9. The zero-order chi connectivity index (χ0) is 21.1. The fourth-order valence-electron chi connectivity index (χ4n) is 3.16. The summed E-state index contributed by atoms with van der Waals surface area (Å²) in [5.74, 6) is -0.198. The van der Waals surface area contributed by atoms with E-state index in [1.807, 2.05) is 25.1 Å². The Labute approximate surface area is 172 Å². The van der Waals surface area contributed by atoms with Crippen LogP contribution in [0, 0.1) is 0 Å². The molecule has 0 fully saturated rings. The molecular formula is C21H20N6O3. The summed E-state index contributed by atoms with van der Waals surface area (Å²) in [5, 5.41) is 4.20. The smallest absolute Gasteiger partial charge is 0.342 e. The van der Waals surface area contributed by atoms with Gasteiger partial charge in [0.05, 0.1) is 18.5 Å². The largest absolute Gasteiger partial charge is 0.462 e. The van der Waals surface area contributed by atoms with Crippen molar-refractivity contribution in [3.05, 3.63) is 72.4 Å². The van der Waals surface area contributed by atoms with Gasteiger partial charge in [-0.05, 0) is 32.0 Å². The maximum atomic E-state index is 13.8. The van der Waals surface area contributed by atoms with Gasteiger partial charge in [-0.15, -0.1) is 0 Å². The van der Waals surface area contributed by atoms with E-state index in [1.165, 1.54) is 15.8 Å². The molecule has 0 radical (unpaired) electrons. The summed E-state index contributed by atoms with van der Waals surface area (Å²) in [6, 6.07) is 10.8. The Bertz CT molecular complexity index is 1200. The second-order valence-corrected chi connectivity index (χ2v) is 6.34. The van der Waals surface area contributed by atoms with Crippen LogP contribution in [0.2, 0.25) is 0 Å². The minimum atomic E-state index is -0.592. The summed E-state index contributed by atoms with van der Waals surface area (Å²) in [6.45, 7) is 4.17. The summed E-state index contributed by atoms with van der Waals surface area (Å²) in [6.07, 6.45) is 6.54. The molecule has 0 saturated carbocycles. The summed E-state index contributed by atoms with van der Waals surface area (Å²) in [5.41, 5.74) is 0.862. The number of imidazole rings is 1. The van der Waals surface area contributed by atoms with Crippen LogP contribution in [0.3, 0.4) is 0 Å². The van der Waals surface area contributed by atoms with E-state index in [-0.39, 0.29) is 17.9 Å². The lowest BCUT2D eigenvalue weighted by Crippen LogP contribution is -2.31. The summed E-state index contributed by atoms with van der Waals surface area (Å²) >= 11 is 0. The third-order valence-electron chi connectivity index (χ3n) is 4.53. The second kappa shape index (κ2) is 8.16. The molecule has 4 rings (SSSR count). The molecule has 0 aliphatic carbocycles. The van der Waals surface area contributed by atoms with Crippen molar-refractivity contribution in [2.45, 2.75) is 20.4 Å². The molecule has 0 saturated heterocycles. The quantitative estimate of drug-likeness (QED) is 0.458. The van der Waals surface area contributed by atoms with Crippen molar-refractivity contribution in [1.82, 2.24) is 24.1 Å². The maximum absolute atomic E-state index is 13.8. The Balaban J connectivity index is 1.87. The number of aryl methyl sites for hydroxylation is 1. The Morgan fingerprint density at radius 3 is 2.63 bits per heavy atom. The van der Waals surface area contributed by atoms with Crippen molar-refractivity contribution in [2.75, 3.05) is 11.5 Å². The van der Waals surface area contributed by atoms with Crippen LogP contribution in [0.1, 0.15) is 34.7 Å². The summed E-state index contributed by atoms with van der Waals surface area (Å²) in [7, 11) is 0. The lowest BCUT2D eigenvalue weighted by Gasteiger charge is -2.22. The van der Waals surface area contributed by atoms with Gasteiger partial charge in [-0.1, -0.05) is 18.2 Å². The van der Waals surface area contributed by atoms with Gasteiger partial charge >= 0.3 is 5.97 Å². The number of anilines is 2. The predicted octanol–water partition coefficient (Wildman–Crippen LogP) is 3.10. The molecule has 0 atom stereocenters. The van der Waals surface area contributed by atoms with E-state index in [1.54, 1.807) is 48.1 Å². The topological polar surface area (TPSA) is 94.6 Å². The van der Waals surface area contributed by atoms with Gasteiger partial charge in [0.15, 0.2) is 0 Å². The Kier molecular flexibility index (Phi) is 5.25. The molecule has 4 aromatic rings. The minimum absolute atomic E-state index is 0.117. The second-order valence-electron chi connectivity index (χ2n) is 6.34. The van der Waals surface area contributed by atoms with Crippen molar-refractivity contribution in [1.29, 1.82) is 0 Å². The fourth-order valence-corrected chi connectivity index (χ4v) is 3.16. The highest BCUT2D eigenvalue weighted by molar-refractivity contribution is 6.14. The van der Waals surface area contributed by atoms with Crippen LogP contribution >= 0.6 is 0 Å². The van der Waals surface area contributed by atoms with E-state index in [4.69, 9.17) is 4.74 Å². The van der Waals surface area contributed by atoms with Gasteiger partial charge in [-0.2, -0.15) is 10.1 Å². The standard InChI is InChI=1S/C21H20N6O3/c1-3-26-18(16(14-23-26)20(29)30-4-2)19(28)27(15-8-6-5-7-9-15)17-10-12-25-13-11-22-21(25)24-17/h5-14H,3-4H2,1-2H3. The van der Waals surface area contributed by atoms with Crippen molar-refractivity contribution in [3.8, 4) is 0 Å². The average molecular weight is 404 g/mol. The molecule has 3 heterocycles. The Morgan fingerprint density at radius 1 is 1.10 bits per heavy atom. The number of aromatic nitrogens is 5. The van der Waals surface area contributed by atoms with Gasteiger partial charge in [0, 0.05) is 25.1 Å². The van der Waals surface area contributed by atoms with Crippen molar-refractivity contribution in [2.24, 2.45) is 0 Å². The van der Waals surface area contributed by atoms with Crippen LogP contribution in [0.4, 0.5) is 11.5 Å². The van der Waals surface area contributed by atoms with Crippen LogP contribution in [0.25, 0.3) is 5.78 Å². The molecule has 9 nitrogen and oxygen atoms in total. The maximum Gasteiger partial charge on any atom is 0.342 e. The average Bonchev–Trinajstić information content (AvgIpc) is 3.41. The van der Waals surface area contributed by atoms with Gasteiger partial charge in [0.25, 0.3) is 5.91 Å². The van der Waals surface area contributed by atoms with E-state index < -0.39 is 11.9 Å². The number of hydrogen-bond acceptors (Lipinski definition) is 6. The molecule has 1 aromatic carbocycles. The monoisotopic (exact) mass is 404 g/mol. The number of ether oxygens (including phenoxy) is 1. The number of rotatable bonds is 6. The van der Waals surface area contributed by atoms with E-state index in [2.05, 4.69) is 15.1 Å². The first kappa shape index (κ1) is 19.3. The first-order valence-electron chi connectivity index (χ1n) is 9.56. The van der Waals surface area contributed by atoms with E-state index in [0.717, 1.165) is 0 Å². The number of nitrogens with zero attached hydrogens (tertiary/aromatic N) is 6. The molecular weight excluding hydrogens is 384 g/mol. The van der Waals surface area contributed by atoms with Crippen LogP contribution in [-0.4, -0.2) is 42.6 Å². The predicted molar refractivity (Wildman–Crippen MR) is 110 cm³/mol. The molecule has 30 heavy (non-hydrogen) atoms. The highest BCUT2D eigenvalue weighted by atomic mass is 16.5. The number of carbonyl (C=O) groups excluding carboxylic acids is 2. The van der Waals surface area contributed by atoms with Crippen LogP contribution in [-0.2, 0) is 11.3 Å². The molecule has 3 aromatic heterocycles. The van der Waals surface area contributed by atoms with Crippen molar-refractivity contribution in [3.63, 3.8) is 0 Å². The number of benzene rings is 1. The number of amides is 1. The Hall–Kier alpha value is -4.01. The molecule has 0 spiro atoms. The minimum Gasteiger partial charge on any atom is -0.462 e. The molecule has 152 valence electrons. The number of carbonyl (C=O) groups is 2. The lowest BCUT2D eigenvalue weighted by atomic mass is 10.2. The van der Waals surface area contributed by atoms with Crippen molar-refractivity contribution < 1.29 is 14.3 Å². The van der Waals surface area contributed by atoms with Gasteiger partial charge in [0.2, 0.25) is 5.78 Å².